The molecule has 0 atom stereocenters. The maximum absolute atomic E-state index is 12.7. The number of fused-ring (bicyclic) bond motifs is 2. The lowest BCUT2D eigenvalue weighted by Gasteiger charge is -2.13. The Morgan fingerprint density at radius 2 is 2.04 bits per heavy atom. The minimum atomic E-state index is -0.193. The molecule has 0 radical (unpaired) electrons. The zero-order valence-corrected chi connectivity index (χ0v) is 14.6. The second-order valence-corrected chi connectivity index (χ2v) is 6.66. The van der Waals surface area contributed by atoms with Gasteiger partial charge >= 0.3 is 0 Å². The monoisotopic (exact) mass is 347 g/mol. The van der Waals surface area contributed by atoms with Crippen LogP contribution < -0.4 is 10.9 Å². The summed E-state index contributed by atoms with van der Waals surface area (Å²) in [5.41, 5.74) is 2.69. The molecule has 1 N–H and O–H groups in total. The highest BCUT2D eigenvalue weighted by Gasteiger charge is 2.14. The van der Waals surface area contributed by atoms with Crippen LogP contribution in [0.25, 0.3) is 16.6 Å². The molecule has 0 saturated heterocycles. The van der Waals surface area contributed by atoms with Crippen LogP contribution in [0.3, 0.4) is 0 Å². The van der Waals surface area contributed by atoms with Gasteiger partial charge in [0.1, 0.15) is 0 Å². The van der Waals surface area contributed by atoms with Crippen LogP contribution in [0.4, 0.5) is 0 Å². The summed E-state index contributed by atoms with van der Waals surface area (Å²) >= 11 is 0. The molecule has 3 aromatic rings. The molecule has 5 nitrogen and oxygen atoms in total. The number of para-hydroxylation sites is 1. The number of amides is 1. The van der Waals surface area contributed by atoms with Gasteiger partial charge in [0.05, 0.1) is 16.5 Å². The van der Waals surface area contributed by atoms with Crippen molar-refractivity contribution < 1.29 is 4.79 Å². The number of benzene rings is 1. The molecule has 5 heteroatoms. The SMILES string of the molecule is O=C(NCCC1=CCCCC1)c1cccn2c(=O)c3ccccc3nc12. The van der Waals surface area contributed by atoms with E-state index in [4.69, 9.17) is 0 Å². The molecule has 4 rings (SSSR count). The van der Waals surface area contributed by atoms with Crippen molar-refractivity contribution in [1.82, 2.24) is 14.7 Å². The quantitative estimate of drug-likeness (QED) is 0.581. The first-order valence-electron chi connectivity index (χ1n) is 9.10. The molecule has 26 heavy (non-hydrogen) atoms. The van der Waals surface area contributed by atoms with Crippen LogP contribution in [-0.2, 0) is 0 Å². The van der Waals surface area contributed by atoms with E-state index in [1.54, 1.807) is 30.5 Å². The lowest BCUT2D eigenvalue weighted by molar-refractivity contribution is 0.0955. The summed E-state index contributed by atoms with van der Waals surface area (Å²) < 4.78 is 1.45. The largest absolute Gasteiger partial charge is 0.352 e. The first kappa shape index (κ1) is 16.5. The summed E-state index contributed by atoms with van der Waals surface area (Å²) in [6, 6.07) is 10.6. The number of rotatable bonds is 4. The molecule has 1 amide bonds. The lowest BCUT2D eigenvalue weighted by atomic mass is 9.97. The van der Waals surface area contributed by atoms with Crippen molar-refractivity contribution in [2.45, 2.75) is 32.1 Å². The van der Waals surface area contributed by atoms with Crippen molar-refractivity contribution >= 4 is 22.5 Å². The maximum Gasteiger partial charge on any atom is 0.265 e. The Morgan fingerprint density at radius 3 is 2.88 bits per heavy atom. The summed E-state index contributed by atoms with van der Waals surface area (Å²) in [6.07, 6.45) is 9.61. The normalized spacial score (nSPS) is 14.4. The van der Waals surface area contributed by atoms with Gasteiger partial charge in [-0.15, -0.1) is 0 Å². The summed E-state index contributed by atoms with van der Waals surface area (Å²) in [4.78, 5) is 29.9. The number of carbonyl (C=O) groups excluding carboxylic acids is 1. The van der Waals surface area contributed by atoms with E-state index in [2.05, 4.69) is 16.4 Å². The van der Waals surface area contributed by atoms with Gasteiger partial charge in [0.2, 0.25) is 0 Å². The molecule has 0 bridgehead atoms. The molecule has 2 aromatic heterocycles. The Labute approximate surface area is 151 Å². The van der Waals surface area contributed by atoms with Crippen molar-refractivity contribution in [3.63, 3.8) is 0 Å². The molecular weight excluding hydrogens is 326 g/mol. The Bertz CT molecular complexity index is 1070. The maximum atomic E-state index is 12.7. The molecule has 132 valence electrons. The van der Waals surface area contributed by atoms with E-state index in [0.29, 0.717) is 28.7 Å². The molecule has 0 spiro atoms. The van der Waals surface area contributed by atoms with Crippen LogP contribution in [0.15, 0.2) is 59.0 Å². The van der Waals surface area contributed by atoms with E-state index in [9.17, 15) is 9.59 Å². The third-order valence-electron chi connectivity index (χ3n) is 4.91. The van der Waals surface area contributed by atoms with Gasteiger partial charge in [-0.1, -0.05) is 23.8 Å². The van der Waals surface area contributed by atoms with Gasteiger partial charge in [-0.2, -0.15) is 0 Å². The number of nitrogens with one attached hydrogen (secondary N) is 1. The number of pyridine rings is 1. The summed E-state index contributed by atoms with van der Waals surface area (Å²) in [7, 11) is 0. The van der Waals surface area contributed by atoms with Gasteiger partial charge in [-0.3, -0.25) is 14.0 Å². The Balaban J connectivity index is 1.62. The van der Waals surface area contributed by atoms with E-state index in [-0.39, 0.29) is 11.5 Å². The zero-order valence-electron chi connectivity index (χ0n) is 14.6. The number of hydrogen-bond donors (Lipinski definition) is 1. The van der Waals surface area contributed by atoms with Gasteiger partial charge in [0.15, 0.2) is 5.65 Å². The van der Waals surface area contributed by atoms with Gasteiger partial charge in [-0.25, -0.2) is 4.98 Å². The van der Waals surface area contributed by atoms with Crippen LogP contribution in [-0.4, -0.2) is 21.8 Å². The number of allylic oxidation sites excluding steroid dienone is 1. The van der Waals surface area contributed by atoms with Gasteiger partial charge in [-0.05, 0) is 56.4 Å². The molecule has 1 aliphatic rings. The fraction of sp³-hybridized carbons (Fsp3) is 0.286. The van der Waals surface area contributed by atoms with Crippen molar-refractivity contribution in [3.05, 3.63) is 70.2 Å². The topological polar surface area (TPSA) is 63.5 Å². The highest BCUT2D eigenvalue weighted by Crippen LogP contribution is 2.19. The van der Waals surface area contributed by atoms with Crippen LogP contribution in [0.5, 0.6) is 0 Å². The fourth-order valence-corrected chi connectivity index (χ4v) is 3.51. The first-order chi connectivity index (χ1) is 12.7. The molecule has 0 aliphatic heterocycles. The van der Waals surface area contributed by atoms with E-state index >= 15 is 0 Å². The molecule has 0 unspecified atom stereocenters. The van der Waals surface area contributed by atoms with Crippen LogP contribution in [0.1, 0.15) is 42.5 Å². The smallest absolute Gasteiger partial charge is 0.265 e. The highest BCUT2D eigenvalue weighted by atomic mass is 16.1. The van der Waals surface area contributed by atoms with Crippen molar-refractivity contribution in [2.24, 2.45) is 0 Å². The molecule has 0 saturated carbocycles. The first-order valence-corrected chi connectivity index (χ1v) is 9.10. The second-order valence-electron chi connectivity index (χ2n) is 6.66. The Hall–Kier alpha value is -2.95. The number of nitrogens with zero attached hydrogens (tertiary/aromatic N) is 2. The van der Waals surface area contributed by atoms with E-state index in [1.165, 1.54) is 22.8 Å². The molecule has 1 aromatic carbocycles. The van der Waals surface area contributed by atoms with Crippen molar-refractivity contribution in [3.8, 4) is 0 Å². The second kappa shape index (κ2) is 7.12. The minimum Gasteiger partial charge on any atom is -0.352 e. The number of carbonyl (C=O) groups is 1. The fourth-order valence-electron chi connectivity index (χ4n) is 3.51. The van der Waals surface area contributed by atoms with E-state index < -0.39 is 0 Å². The molecule has 2 heterocycles. The predicted octanol–water partition coefficient (Wildman–Crippen LogP) is 3.47. The van der Waals surface area contributed by atoms with Crippen molar-refractivity contribution in [2.75, 3.05) is 6.54 Å². The van der Waals surface area contributed by atoms with Crippen LogP contribution in [0, 0.1) is 0 Å². The van der Waals surface area contributed by atoms with Gasteiger partial charge < -0.3 is 5.32 Å². The number of hydrogen-bond acceptors (Lipinski definition) is 3. The Kier molecular flexibility index (Phi) is 4.52. The molecule has 0 fully saturated rings. The molecule has 1 aliphatic carbocycles. The van der Waals surface area contributed by atoms with E-state index in [0.717, 1.165) is 19.3 Å². The summed E-state index contributed by atoms with van der Waals surface area (Å²) in [5, 5.41) is 3.52. The van der Waals surface area contributed by atoms with E-state index in [1.807, 2.05) is 12.1 Å². The summed E-state index contributed by atoms with van der Waals surface area (Å²) in [5.74, 6) is -0.193. The third kappa shape index (κ3) is 3.12. The zero-order chi connectivity index (χ0) is 17.9. The standard InChI is InChI=1S/C21H21N3O2/c25-20(22-13-12-15-7-2-1-3-8-15)17-10-6-14-24-19(17)23-18-11-5-4-9-16(18)21(24)26/h4-7,9-11,14H,1-3,8,12-13H2,(H,22,25). The Morgan fingerprint density at radius 1 is 1.15 bits per heavy atom. The lowest BCUT2D eigenvalue weighted by Crippen LogP contribution is -2.27. The minimum absolute atomic E-state index is 0.160. The summed E-state index contributed by atoms with van der Waals surface area (Å²) in [6.45, 7) is 0.601. The average molecular weight is 347 g/mol. The predicted molar refractivity (Wildman–Crippen MR) is 102 cm³/mol. The average Bonchev–Trinajstić information content (AvgIpc) is 2.68. The van der Waals surface area contributed by atoms with Crippen LogP contribution in [0.2, 0.25) is 0 Å². The van der Waals surface area contributed by atoms with Crippen LogP contribution >= 0.6 is 0 Å². The number of aromatic nitrogens is 2. The molecular formula is C21H21N3O2. The van der Waals surface area contributed by atoms with Gasteiger partial charge in [0, 0.05) is 12.7 Å². The third-order valence-corrected chi connectivity index (χ3v) is 4.91. The highest BCUT2D eigenvalue weighted by molar-refractivity contribution is 6.00. The van der Waals surface area contributed by atoms with Crippen molar-refractivity contribution in [1.29, 1.82) is 0 Å². The van der Waals surface area contributed by atoms with Gasteiger partial charge in [0.25, 0.3) is 11.5 Å².